The molecule has 3 N–H and O–H groups in total. The van der Waals surface area contributed by atoms with Crippen LogP contribution in [0.1, 0.15) is 30.5 Å². The fourth-order valence-electron chi connectivity index (χ4n) is 2.14. The largest absolute Gasteiger partial charge is 0.398 e. The molecule has 0 aliphatic carbocycles. The first kappa shape index (κ1) is 12.7. The van der Waals surface area contributed by atoms with Crippen molar-refractivity contribution in [3.8, 4) is 0 Å². The molecule has 0 aromatic heterocycles. The second-order valence-electron chi connectivity index (χ2n) is 4.46. The molecular weight excluding hydrogens is 220 g/mol. The maximum Gasteiger partial charge on any atom is 0.0362 e. The van der Waals surface area contributed by atoms with Gasteiger partial charge < -0.3 is 11.1 Å². The fourth-order valence-corrected chi connectivity index (χ4v) is 2.14. The summed E-state index contributed by atoms with van der Waals surface area (Å²) in [6.07, 6.45) is 1.03. The highest BCUT2D eigenvalue weighted by Crippen LogP contribution is 2.22. The standard InChI is InChI=1S/C16H20N2/c1-2-16(14-10-6-7-11-15(14)17)18-12-13-8-4-3-5-9-13/h3-11,16,18H,2,12,17H2,1H3/t16-/m1/s1. The summed E-state index contributed by atoms with van der Waals surface area (Å²) < 4.78 is 0. The molecule has 0 spiro atoms. The van der Waals surface area contributed by atoms with Crippen LogP contribution in [0.4, 0.5) is 5.69 Å². The second kappa shape index (κ2) is 6.22. The van der Waals surface area contributed by atoms with Gasteiger partial charge in [-0.15, -0.1) is 0 Å². The van der Waals surface area contributed by atoms with E-state index in [-0.39, 0.29) is 0 Å². The van der Waals surface area contributed by atoms with E-state index in [1.807, 2.05) is 24.3 Å². The number of nitrogens with two attached hydrogens (primary N) is 1. The van der Waals surface area contributed by atoms with Crippen molar-refractivity contribution in [3.63, 3.8) is 0 Å². The summed E-state index contributed by atoms with van der Waals surface area (Å²) in [5.74, 6) is 0. The van der Waals surface area contributed by atoms with E-state index in [4.69, 9.17) is 5.73 Å². The van der Waals surface area contributed by atoms with Gasteiger partial charge in [-0.3, -0.25) is 0 Å². The quantitative estimate of drug-likeness (QED) is 0.785. The normalized spacial score (nSPS) is 12.3. The van der Waals surface area contributed by atoms with E-state index >= 15 is 0 Å². The third kappa shape index (κ3) is 3.11. The highest BCUT2D eigenvalue weighted by atomic mass is 14.9. The SMILES string of the molecule is CC[C@@H](NCc1ccccc1)c1ccccc1N. The molecule has 0 radical (unpaired) electrons. The first-order valence-corrected chi connectivity index (χ1v) is 6.43. The Morgan fingerprint density at radius 2 is 1.67 bits per heavy atom. The summed E-state index contributed by atoms with van der Waals surface area (Å²) in [4.78, 5) is 0. The van der Waals surface area contributed by atoms with Gasteiger partial charge in [-0.25, -0.2) is 0 Å². The van der Waals surface area contributed by atoms with Crippen LogP contribution in [0.25, 0.3) is 0 Å². The molecule has 0 saturated heterocycles. The zero-order valence-corrected chi connectivity index (χ0v) is 10.8. The van der Waals surface area contributed by atoms with Crippen LogP contribution in [0, 0.1) is 0 Å². The Labute approximate surface area is 109 Å². The van der Waals surface area contributed by atoms with Crippen molar-refractivity contribution in [2.75, 3.05) is 5.73 Å². The van der Waals surface area contributed by atoms with Crippen molar-refractivity contribution < 1.29 is 0 Å². The molecule has 0 aliphatic rings. The molecule has 1 atom stereocenters. The number of rotatable bonds is 5. The molecule has 0 unspecified atom stereocenters. The molecule has 2 rings (SSSR count). The minimum atomic E-state index is 0.311. The molecule has 0 aliphatic heterocycles. The van der Waals surface area contributed by atoms with E-state index in [1.54, 1.807) is 0 Å². The number of hydrogen-bond acceptors (Lipinski definition) is 2. The average Bonchev–Trinajstić information content (AvgIpc) is 2.42. The van der Waals surface area contributed by atoms with Crippen LogP contribution in [0.5, 0.6) is 0 Å². The minimum Gasteiger partial charge on any atom is -0.398 e. The number of nitrogen functional groups attached to an aromatic ring is 1. The van der Waals surface area contributed by atoms with E-state index < -0.39 is 0 Å². The highest BCUT2D eigenvalue weighted by Gasteiger charge is 2.10. The van der Waals surface area contributed by atoms with E-state index in [1.165, 1.54) is 11.1 Å². The lowest BCUT2D eigenvalue weighted by Gasteiger charge is -2.19. The predicted molar refractivity (Wildman–Crippen MR) is 77.2 cm³/mol. The zero-order chi connectivity index (χ0) is 12.8. The lowest BCUT2D eigenvalue weighted by molar-refractivity contribution is 0.520. The Morgan fingerprint density at radius 3 is 2.33 bits per heavy atom. The molecule has 0 amide bonds. The molecule has 0 heterocycles. The Balaban J connectivity index is 2.04. The van der Waals surface area contributed by atoms with Crippen LogP contribution < -0.4 is 11.1 Å². The van der Waals surface area contributed by atoms with E-state index in [0.717, 1.165) is 18.7 Å². The van der Waals surface area contributed by atoms with Gasteiger partial charge in [0.1, 0.15) is 0 Å². The number of anilines is 1. The van der Waals surface area contributed by atoms with Crippen LogP contribution in [-0.2, 0) is 6.54 Å². The Bertz CT molecular complexity index is 479. The van der Waals surface area contributed by atoms with Gasteiger partial charge in [-0.1, -0.05) is 55.5 Å². The van der Waals surface area contributed by atoms with Gasteiger partial charge in [0, 0.05) is 18.3 Å². The first-order valence-electron chi connectivity index (χ1n) is 6.43. The molecule has 2 aromatic rings. The van der Waals surface area contributed by atoms with E-state index in [9.17, 15) is 0 Å². The summed E-state index contributed by atoms with van der Waals surface area (Å²) in [5, 5.41) is 3.56. The van der Waals surface area contributed by atoms with Gasteiger partial charge in [0.25, 0.3) is 0 Å². The zero-order valence-electron chi connectivity index (χ0n) is 10.8. The van der Waals surface area contributed by atoms with Gasteiger partial charge >= 0.3 is 0 Å². The minimum absolute atomic E-state index is 0.311. The lowest BCUT2D eigenvalue weighted by Crippen LogP contribution is -2.21. The predicted octanol–water partition coefficient (Wildman–Crippen LogP) is 3.51. The van der Waals surface area contributed by atoms with Gasteiger partial charge in [-0.05, 0) is 23.6 Å². The van der Waals surface area contributed by atoms with Crippen LogP contribution in [0.15, 0.2) is 54.6 Å². The number of nitrogens with one attached hydrogen (secondary N) is 1. The van der Waals surface area contributed by atoms with Crippen molar-refractivity contribution in [1.29, 1.82) is 0 Å². The summed E-state index contributed by atoms with van der Waals surface area (Å²) >= 11 is 0. The summed E-state index contributed by atoms with van der Waals surface area (Å²) in [6.45, 7) is 3.04. The third-order valence-electron chi connectivity index (χ3n) is 3.18. The van der Waals surface area contributed by atoms with Crippen molar-refractivity contribution >= 4 is 5.69 Å². The maximum atomic E-state index is 6.03. The topological polar surface area (TPSA) is 38.0 Å². The molecule has 94 valence electrons. The molecule has 2 heteroatoms. The molecule has 0 fully saturated rings. The van der Waals surface area contributed by atoms with Crippen LogP contribution in [0.3, 0.4) is 0 Å². The van der Waals surface area contributed by atoms with Crippen LogP contribution in [-0.4, -0.2) is 0 Å². The molecule has 2 nitrogen and oxygen atoms in total. The third-order valence-corrected chi connectivity index (χ3v) is 3.18. The molecule has 0 bridgehead atoms. The molecule has 18 heavy (non-hydrogen) atoms. The smallest absolute Gasteiger partial charge is 0.0362 e. The monoisotopic (exact) mass is 240 g/mol. The Kier molecular flexibility index (Phi) is 4.37. The number of para-hydroxylation sites is 1. The summed E-state index contributed by atoms with van der Waals surface area (Å²) in [5.41, 5.74) is 9.38. The average molecular weight is 240 g/mol. The molecular formula is C16H20N2. The molecule has 0 saturated carbocycles. The molecule has 2 aromatic carbocycles. The van der Waals surface area contributed by atoms with E-state index in [0.29, 0.717) is 6.04 Å². The lowest BCUT2D eigenvalue weighted by atomic mass is 10.0. The maximum absolute atomic E-state index is 6.03. The summed E-state index contributed by atoms with van der Waals surface area (Å²) in [7, 11) is 0. The van der Waals surface area contributed by atoms with E-state index in [2.05, 4.69) is 42.6 Å². The van der Waals surface area contributed by atoms with Gasteiger partial charge in [0.05, 0.1) is 0 Å². The van der Waals surface area contributed by atoms with Crippen molar-refractivity contribution in [2.45, 2.75) is 25.9 Å². The Hall–Kier alpha value is -1.80. The second-order valence-corrected chi connectivity index (χ2v) is 4.46. The van der Waals surface area contributed by atoms with Crippen LogP contribution in [0.2, 0.25) is 0 Å². The van der Waals surface area contributed by atoms with Crippen molar-refractivity contribution in [1.82, 2.24) is 5.32 Å². The Morgan fingerprint density at radius 1 is 1.00 bits per heavy atom. The number of benzene rings is 2. The van der Waals surface area contributed by atoms with Gasteiger partial charge in [-0.2, -0.15) is 0 Å². The van der Waals surface area contributed by atoms with Gasteiger partial charge in [0.2, 0.25) is 0 Å². The summed E-state index contributed by atoms with van der Waals surface area (Å²) in [6, 6.07) is 18.8. The van der Waals surface area contributed by atoms with Crippen molar-refractivity contribution in [2.24, 2.45) is 0 Å². The first-order chi connectivity index (χ1) is 8.81. The highest BCUT2D eigenvalue weighted by molar-refractivity contribution is 5.48. The fraction of sp³-hybridized carbons (Fsp3) is 0.250. The van der Waals surface area contributed by atoms with Crippen LogP contribution >= 0.6 is 0 Å². The number of hydrogen-bond donors (Lipinski definition) is 2. The van der Waals surface area contributed by atoms with Gasteiger partial charge in [0.15, 0.2) is 0 Å². The van der Waals surface area contributed by atoms with Crippen molar-refractivity contribution in [3.05, 3.63) is 65.7 Å².